The molecule has 0 aromatic rings. The van der Waals surface area contributed by atoms with Gasteiger partial charge in [-0.1, -0.05) is 27.7 Å². The Morgan fingerprint density at radius 3 is 2.18 bits per heavy atom. The number of hydrogen-bond acceptors (Lipinski definition) is 2. The standard InChI is InChI=1S/C9H18O2/c1-7(9(3,4)5)6-11-8(2)10/h7H,6H2,1-5H3/t7-/m0/s1. The molecular formula is C9H18O2. The van der Waals surface area contributed by atoms with Gasteiger partial charge in [-0.05, 0) is 11.3 Å². The molecule has 0 N–H and O–H groups in total. The number of ether oxygens (including phenoxy) is 1. The summed E-state index contributed by atoms with van der Waals surface area (Å²) in [5, 5.41) is 0. The number of carbonyl (C=O) groups excluding carboxylic acids is 1. The summed E-state index contributed by atoms with van der Waals surface area (Å²) in [5.41, 5.74) is 0.218. The predicted molar refractivity (Wildman–Crippen MR) is 45.3 cm³/mol. The molecule has 0 aliphatic heterocycles. The summed E-state index contributed by atoms with van der Waals surface area (Å²) < 4.78 is 4.89. The molecule has 0 spiro atoms. The van der Waals surface area contributed by atoms with Crippen molar-refractivity contribution >= 4 is 5.97 Å². The Morgan fingerprint density at radius 1 is 1.45 bits per heavy atom. The largest absolute Gasteiger partial charge is 0.466 e. The van der Waals surface area contributed by atoms with E-state index in [1.165, 1.54) is 6.92 Å². The van der Waals surface area contributed by atoms with Gasteiger partial charge < -0.3 is 4.74 Å². The van der Waals surface area contributed by atoms with Crippen LogP contribution in [-0.4, -0.2) is 12.6 Å². The molecule has 0 saturated carbocycles. The van der Waals surface area contributed by atoms with Gasteiger partial charge in [0.05, 0.1) is 6.61 Å². The first-order valence-corrected chi connectivity index (χ1v) is 3.97. The van der Waals surface area contributed by atoms with Crippen LogP contribution in [0.4, 0.5) is 0 Å². The van der Waals surface area contributed by atoms with Crippen LogP contribution in [0, 0.1) is 11.3 Å². The molecule has 66 valence electrons. The first-order chi connectivity index (χ1) is 4.84. The molecule has 0 amide bonds. The summed E-state index contributed by atoms with van der Waals surface area (Å²) in [6.45, 7) is 10.5. The van der Waals surface area contributed by atoms with Crippen LogP contribution in [0.5, 0.6) is 0 Å². The Balaban J connectivity index is 3.70. The van der Waals surface area contributed by atoms with Gasteiger partial charge in [-0.15, -0.1) is 0 Å². The minimum absolute atomic E-state index is 0.193. The summed E-state index contributed by atoms with van der Waals surface area (Å²) in [4.78, 5) is 10.5. The van der Waals surface area contributed by atoms with Crippen molar-refractivity contribution in [2.45, 2.75) is 34.6 Å². The van der Waals surface area contributed by atoms with Crippen LogP contribution >= 0.6 is 0 Å². The summed E-state index contributed by atoms with van der Waals surface area (Å²) in [7, 11) is 0. The topological polar surface area (TPSA) is 26.3 Å². The lowest BCUT2D eigenvalue weighted by atomic mass is 9.83. The normalized spacial score (nSPS) is 14.3. The third-order valence-corrected chi connectivity index (χ3v) is 2.01. The highest BCUT2D eigenvalue weighted by atomic mass is 16.5. The molecule has 1 atom stereocenters. The fourth-order valence-electron chi connectivity index (χ4n) is 0.492. The molecule has 11 heavy (non-hydrogen) atoms. The molecule has 0 radical (unpaired) electrons. The van der Waals surface area contributed by atoms with E-state index in [-0.39, 0.29) is 11.4 Å². The summed E-state index contributed by atoms with van der Waals surface area (Å²) in [5.74, 6) is 0.215. The molecule has 2 heteroatoms. The van der Waals surface area contributed by atoms with Gasteiger partial charge in [-0.25, -0.2) is 0 Å². The number of hydrogen-bond donors (Lipinski definition) is 0. The van der Waals surface area contributed by atoms with Crippen LogP contribution in [0.3, 0.4) is 0 Å². The van der Waals surface area contributed by atoms with E-state index >= 15 is 0 Å². The maximum atomic E-state index is 10.5. The Hall–Kier alpha value is -0.530. The van der Waals surface area contributed by atoms with Crippen LogP contribution in [-0.2, 0) is 9.53 Å². The molecule has 2 nitrogen and oxygen atoms in total. The van der Waals surface area contributed by atoms with Gasteiger partial charge in [0.1, 0.15) is 0 Å². The molecule has 0 rings (SSSR count). The monoisotopic (exact) mass is 158 g/mol. The fraction of sp³-hybridized carbons (Fsp3) is 0.889. The molecule has 0 aromatic carbocycles. The van der Waals surface area contributed by atoms with E-state index in [1.807, 2.05) is 0 Å². The molecule has 0 aromatic heterocycles. The smallest absolute Gasteiger partial charge is 0.302 e. The number of rotatable bonds is 2. The van der Waals surface area contributed by atoms with E-state index in [4.69, 9.17) is 4.74 Å². The highest BCUT2D eigenvalue weighted by Crippen LogP contribution is 2.25. The van der Waals surface area contributed by atoms with Crippen molar-refractivity contribution in [3.8, 4) is 0 Å². The van der Waals surface area contributed by atoms with Gasteiger partial charge >= 0.3 is 5.97 Å². The molecule has 0 bridgehead atoms. The molecule has 0 fully saturated rings. The van der Waals surface area contributed by atoms with Crippen molar-refractivity contribution < 1.29 is 9.53 Å². The van der Waals surface area contributed by atoms with Gasteiger partial charge in [-0.3, -0.25) is 4.79 Å². The van der Waals surface area contributed by atoms with Crippen LogP contribution < -0.4 is 0 Å². The molecule has 0 aliphatic carbocycles. The minimum atomic E-state index is -0.193. The highest BCUT2D eigenvalue weighted by molar-refractivity contribution is 5.65. The Labute approximate surface area is 68.9 Å². The summed E-state index contributed by atoms with van der Waals surface area (Å²) in [6, 6.07) is 0. The minimum Gasteiger partial charge on any atom is -0.466 e. The first kappa shape index (κ1) is 10.5. The third kappa shape index (κ3) is 4.82. The van der Waals surface area contributed by atoms with E-state index < -0.39 is 0 Å². The van der Waals surface area contributed by atoms with E-state index in [2.05, 4.69) is 27.7 Å². The van der Waals surface area contributed by atoms with Gasteiger partial charge in [0.25, 0.3) is 0 Å². The average Bonchev–Trinajstić information content (AvgIpc) is 1.80. The predicted octanol–water partition coefficient (Wildman–Crippen LogP) is 2.23. The van der Waals surface area contributed by atoms with Crippen molar-refractivity contribution in [2.24, 2.45) is 11.3 Å². The highest BCUT2D eigenvalue weighted by Gasteiger charge is 2.20. The van der Waals surface area contributed by atoms with Gasteiger partial charge in [-0.2, -0.15) is 0 Å². The summed E-state index contributed by atoms with van der Waals surface area (Å²) >= 11 is 0. The number of carbonyl (C=O) groups is 1. The molecular weight excluding hydrogens is 140 g/mol. The Bertz CT molecular complexity index is 133. The summed E-state index contributed by atoms with van der Waals surface area (Å²) in [6.07, 6.45) is 0. The van der Waals surface area contributed by atoms with Crippen molar-refractivity contribution in [2.75, 3.05) is 6.61 Å². The molecule has 0 saturated heterocycles. The van der Waals surface area contributed by atoms with Gasteiger partial charge in [0.2, 0.25) is 0 Å². The third-order valence-electron chi connectivity index (χ3n) is 2.01. The van der Waals surface area contributed by atoms with E-state index in [0.717, 1.165) is 0 Å². The van der Waals surface area contributed by atoms with Crippen LogP contribution in [0.2, 0.25) is 0 Å². The lowest BCUT2D eigenvalue weighted by Crippen LogP contribution is -2.23. The zero-order valence-corrected chi connectivity index (χ0v) is 8.10. The van der Waals surface area contributed by atoms with Crippen molar-refractivity contribution in [3.05, 3.63) is 0 Å². The van der Waals surface area contributed by atoms with E-state index in [1.54, 1.807) is 0 Å². The maximum Gasteiger partial charge on any atom is 0.302 e. The Morgan fingerprint density at radius 2 is 1.91 bits per heavy atom. The molecule has 0 heterocycles. The molecule has 0 unspecified atom stereocenters. The second-order valence-electron chi connectivity index (χ2n) is 4.07. The lowest BCUT2D eigenvalue weighted by Gasteiger charge is -2.26. The van der Waals surface area contributed by atoms with Crippen molar-refractivity contribution in [1.29, 1.82) is 0 Å². The van der Waals surface area contributed by atoms with Crippen LogP contribution in [0.1, 0.15) is 34.6 Å². The quantitative estimate of drug-likeness (QED) is 0.576. The van der Waals surface area contributed by atoms with Crippen molar-refractivity contribution in [1.82, 2.24) is 0 Å². The zero-order valence-electron chi connectivity index (χ0n) is 8.10. The second kappa shape index (κ2) is 3.74. The maximum absolute atomic E-state index is 10.5. The van der Waals surface area contributed by atoms with Crippen molar-refractivity contribution in [3.63, 3.8) is 0 Å². The van der Waals surface area contributed by atoms with E-state index in [0.29, 0.717) is 12.5 Å². The first-order valence-electron chi connectivity index (χ1n) is 3.97. The molecule has 0 aliphatic rings. The lowest BCUT2D eigenvalue weighted by molar-refractivity contribution is -0.143. The van der Waals surface area contributed by atoms with Crippen LogP contribution in [0.25, 0.3) is 0 Å². The van der Waals surface area contributed by atoms with Gasteiger partial charge in [0.15, 0.2) is 0 Å². The SMILES string of the molecule is CC(=O)OC[C@H](C)C(C)(C)C. The second-order valence-corrected chi connectivity index (χ2v) is 4.07. The van der Waals surface area contributed by atoms with Gasteiger partial charge in [0, 0.05) is 6.92 Å². The van der Waals surface area contributed by atoms with E-state index in [9.17, 15) is 4.79 Å². The zero-order chi connectivity index (χ0) is 9.07. The van der Waals surface area contributed by atoms with Crippen LogP contribution in [0.15, 0.2) is 0 Å². The Kier molecular flexibility index (Phi) is 3.56. The number of esters is 1. The average molecular weight is 158 g/mol. The fourth-order valence-corrected chi connectivity index (χ4v) is 0.492.